The summed E-state index contributed by atoms with van der Waals surface area (Å²) in [7, 11) is -2.10. The van der Waals surface area contributed by atoms with Gasteiger partial charge in [0.15, 0.2) is 11.5 Å². The van der Waals surface area contributed by atoms with Gasteiger partial charge in [-0.3, -0.25) is 14.3 Å². The van der Waals surface area contributed by atoms with Crippen LogP contribution in [0.15, 0.2) is 45.9 Å². The lowest BCUT2D eigenvalue weighted by Crippen LogP contribution is -2.31. The lowest BCUT2D eigenvalue weighted by atomic mass is 10.0. The monoisotopic (exact) mass is 549 g/mol. The number of nitrogens with one attached hydrogen (secondary N) is 2. The van der Waals surface area contributed by atoms with Crippen LogP contribution in [-0.2, 0) is 17.1 Å². The molecule has 4 rings (SSSR count). The van der Waals surface area contributed by atoms with Crippen LogP contribution in [0.2, 0.25) is 10.2 Å². The summed E-state index contributed by atoms with van der Waals surface area (Å²) in [4.78, 5) is 29.7. The van der Waals surface area contributed by atoms with Crippen molar-refractivity contribution in [2.45, 2.75) is 19.9 Å². The molecule has 188 valence electrons. The first-order valence-electron chi connectivity index (χ1n) is 10.5. The molecule has 0 unspecified atom stereocenters. The van der Waals surface area contributed by atoms with E-state index in [9.17, 15) is 18.0 Å². The lowest BCUT2D eigenvalue weighted by Gasteiger charge is -2.20. The molecule has 0 aliphatic heterocycles. The largest absolute Gasteiger partial charge is 0.454 e. The van der Waals surface area contributed by atoms with Crippen molar-refractivity contribution in [3.63, 3.8) is 0 Å². The molecule has 13 heteroatoms. The number of benzene rings is 1. The number of pyridine rings is 1. The van der Waals surface area contributed by atoms with E-state index in [1.54, 1.807) is 30.9 Å². The number of aryl methyl sites for hydroxylation is 2. The average Bonchev–Trinajstić information content (AvgIpc) is 3.22. The summed E-state index contributed by atoms with van der Waals surface area (Å²) in [5, 5.41) is 7.50. The van der Waals surface area contributed by atoms with Gasteiger partial charge in [-0.25, -0.2) is 18.1 Å². The Labute approximate surface area is 216 Å². The first kappa shape index (κ1) is 25.7. The highest BCUT2D eigenvalue weighted by Gasteiger charge is 2.23. The summed E-state index contributed by atoms with van der Waals surface area (Å²) < 4.78 is 32.8. The number of amides is 1. The minimum atomic E-state index is -3.83. The molecule has 1 aromatic carbocycles. The number of aromatic nitrogens is 3. The van der Waals surface area contributed by atoms with Crippen LogP contribution < -0.4 is 15.5 Å². The van der Waals surface area contributed by atoms with Crippen molar-refractivity contribution in [1.29, 1.82) is 0 Å². The molecule has 0 fully saturated rings. The second-order valence-electron chi connectivity index (χ2n) is 8.31. The SMILES string of the molecule is Cc1cc([C@@H](C)Nc2ccc(Cl)nc2C(=O)NS(C)(=O)=O)c2oc(-c3cnn(C)c3)c(Cl)c(=O)c2c1. The Kier molecular flexibility index (Phi) is 6.82. The van der Waals surface area contributed by atoms with Gasteiger partial charge in [-0.2, -0.15) is 5.10 Å². The fraction of sp³-hybridized carbons (Fsp3) is 0.217. The second-order valence-corrected chi connectivity index (χ2v) is 10.8. The molecule has 0 radical (unpaired) electrons. The third-order valence-electron chi connectivity index (χ3n) is 5.27. The number of carbonyl (C=O) groups excluding carboxylic acids is 1. The van der Waals surface area contributed by atoms with Gasteiger partial charge in [0.1, 0.15) is 15.8 Å². The molecule has 0 aliphatic carbocycles. The molecule has 0 saturated heterocycles. The topological polar surface area (TPSA) is 136 Å². The highest BCUT2D eigenvalue weighted by molar-refractivity contribution is 7.89. The smallest absolute Gasteiger partial charge is 0.285 e. The van der Waals surface area contributed by atoms with E-state index < -0.39 is 27.4 Å². The van der Waals surface area contributed by atoms with Gasteiger partial charge < -0.3 is 9.73 Å². The third kappa shape index (κ3) is 5.23. The molecule has 1 atom stereocenters. The van der Waals surface area contributed by atoms with Crippen LogP contribution in [0.4, 0.5) is 5.69 Å². The zero-order valence-corrected chi connectivity index (χ0v) is 21.9. The van der Waals surface area contributed by atoms with E-state index in [1.807, 2.05) is 17.7 Å². The first-order chi connectivity index (χ1) is 16.8. The minimum Gasteiger partial charge on any atom is -0.454 e. The number of anilines is 1. The van der Waals surface area contributed by atoms with Crippen LogP contribution in [0.5, 0.6) is 0 Å². The quantitative estimate of drug-likeness (QED) is 0.343. The van der Waals surface area contributed by atoms with Crippen molar-refractivity contribution in [1.82, 2.24) is 19.5 Å². The molecule has 1 amide bonds. The number of hydrogen-bond donors (Lipinski definition) is 2. The number of carbonyl (C=O) groups is 1. The minimum absolute atomic E-state index is 0.00890. The Morgan fingerprint density at radius 3 is 2.58 bits per heavy atom. The maximum atomic E-state index is 13.2. The molecule has 3 aromatic heterocycles. The highest BCUT2D eigenvalue weighted by atomic mass is 35.5. The van der Waals surface area contributed by atoms with Crippen LogP contribution in [-0.4, -0.2) is 35.3 Å². The van der Waals surface area contributed by atoms with E-state index in [-0.39, 0.29) is 27.3 Å². The van der Waals surface area contributed by atoms with E-state index in [4.69, 9.17) is 27.6 Å². The molecule has 10 nitrogen and oxygen atoms in total. The maximum absolute atomic E-state index is 13.2. The van der Waals surface area contributed by atoms with Crippen LogP contribution in [0.3, 0.4) is 0 Å². The molecule has 4 aromatic rings. The Bertz CT molecular complexity index is 1680. The summed E-state index contributed by atoms with van der Waals surface area (Å²) in [5.74, 6) is -0.762. The Balaban J connectivity index is 1.83. The van der Waals surface area contributed by atoms with Gasteiger partial charge in [0.05, 0.1) is 35.1 Å². The van der Waals surface area contributed by atoms with Crippen molar-refractivity contribution >= 4 is 55.8 Å². The number of nitrogens with zero attached hydrogens (tertiary/aromatic N) is 3. The van der Waals surface area contributed by atoms with Crippen molar-refractivity contribution < 1.29 is 17.6 Å². The summed E-state index contributed by atoms with van der Waals surface area (Å²) in [6, 6.07) is 5.97. The zero-order valence-electron chi connectivity index (χ0n) is 19.6. The summed E-state index contributed by atoms with van der Waals surface area (Å²) >= 11 is 12.3. The van der Waals surface area contributed by atoms with Crippen molar-refractivity contribution in [3.8, 4) is 11.3 Å². The Hall–Kier alpha value is -3.41. The van der Waals surface area contributed by atoms with Gasteiger partial charge in [0, 0.05) is 18.8 Å². The molecule has 36 heavy (non-hydrogen) atoms. The van der Waals surface area contributed by atoms with E-state index in [0.717, 1.165) is 11.8 Å². The molecule has 2 N–H and O–H groups in total. The van der Waals surface area contributed by atoms with E-state index in [0.29, 0.717) is 22.1 Å². The molecule has 3 heterocycles. The summed E-state index contributed by atoms with van der Waals surface area (Å²) in [5.41, 5.74) is 1.86. The van der Waals surface area contributed by atoms with E-state index in [2.05, 4.69) is 15.4 Å². The van der Waals surface area contributed by atoms with E-state index >= 15 is 0 Å². The fourth-order valence-corrected chi connectivity index (χ4v) is 4.58. The van der Waals surface area contributed by atoms with Gasteiger partial charge in [-0.1, -0.05) is 29.3 Å². The average molecular weight is 550 g/mol. The van der Waals surface area contributed by atoms with Crippen LogP contribution in [0, 0.1) is 6.92 Å². The van der Waals surface area contributed by atoms with Crippen LogP contribution >= 0.6 is 23.2 Å². The number of halogens is 2. The molecule has 0 aliphatic rings. The normalized spacial score (nSPS) is 12.5. The second kappa shape index (κ2) is 9.57. The predicted octanol–water partition coefficient (Wildman–Crippen LogP) is 4.07. The maximum Gasteiger partial charge on any atom is 0.285 e. The predicted molar refractivity (Wildman–Crippen MR) is 138 cm³/mol. The standard InChI is InChI=1S/C23H21Cl2N5O5S/c1-11-7-14(12(2)27-16-5-6-17(24)28-19(16)23(32)29-36(4,33)34)22-15(8-11)20(31)18(25)21(35-22)13-9-26-30(3)10-13/h5-10,12,27H,1-4H3,(H,29,32)/t12-/m1/s1. The van der Waals surface area contributed by atoms with Crippen molar-refractivity contribution in [2.75, 3.05) is 11.6 Å². The number of sulfonamides is 1. The number of rotatable bonds is 6. The molecule has 0 spiro atoms. The van der Waals surface area contributed by atoms with Gasteiger partial charge in [-0.05, 0) is 37.6 Å². The van der Waals surface area contributed by atoms with Gasteiger partial charge in [0.25, 0.3) is 5.91 Å². The molecule has 0 saturated carbocycles. The van der Waals surface area contributed by atoms with Crippen molar-refractivity contribution in [2.24, 2.45) is 7.05 Å². The van der Waals surface area contributed by atoms with Crippen LogP contribution in [0.25, 0.3) is 22.3 Å². The number of hydrogen-bond acceptors (Lipinski definition) is 8. The Morgan fingerprint density at radius 2 is 1.94 bits per heavy atom. The van der Waals surface area contributed by atoms with Crippen molar-refractivity contribution in [3.05, 3.63) is 73.9 Å². The zero-order chi connectivity index (χ0) is 26.4. The first-order valence-corrected chi connectivity index (χ1v) is 13.2. The molecule has 0 bridgehead atoms. The fourth-order valence-electron chi connectivity index (χ4n) is 3.75. The lowest BCUT2D eigenvalue weighted by molar-refractivity contribution is 0.0977. The van der Waals surface area contributed by atoms with Crippen LogP contribution in [0.1, 0.15) is 34.6 Å². The third-order valence-corrected chi connectivity index (χ3v) is 6.38. The molecular weight excluding hydrogens is 529 g/mol. The Morgan fingerprint density at radius 1 is 1.22 bits per heavy atom. The number of fused-ring (bicyclic) bond motifs is 1. The van der Waals surface area contributed by atoms with Gasteiger partial charge in [-0.15, -0.1) is 0 Å². The van der Waals surface area contributed by atoms with Gasteiger partial charge >= 0.3 is 0 Å². The highest BCUT2D eigenvalue weighted by Crippen LogP contribution is 2.34. The van der Waals surface area contributed by atoms with Gasteiger partial charge in [0.2, 0.25) is 15.5 Å². The summed E-state index contributed by atoms with van der Waals surface area (Å²) in [6.07, 6.45) is 4.08. The summed E-state index contributed by atoms with van der Waals surface area (Å²) in [6.45, 7) is 3.62. The van der Waals surface area contributed by atoms with E-state index in [1.165, 1.54) is 18.3 Å². The molecular formula is C23H21Cl2N5O5S.